The summed E-state index contributed by atoms with van der Waals surface area (Å²) >= 11 is 3.36. The van der Waals surface area contributed by atoms with Crippen molar-refractivity contribution in [3.05, 3.63) is 50.6 Å². The highest BCUT2D eigenvalue weighted by Gasteiger charge is 2.08. The molecule has 0 bridgehead atoms. The van der Waals surface area contributed by atoms with Crippen molar-refractivity contribution in [2.24, 2.45) is 0 Å². The molecule has 0 unspecified atom stereocenters. The summed E-state index contributed by atoms with van der Waals surface area (Å²) in [5.41, 5.74) is 2.87. The Hall–Kier alpha value is -1.69. The van der Waals surface area contributed by atoms with Gasteiger partial charge >= 0.3 is 0 Å². The smallest absolute Gasteiger partial charge is 0.283 e. The average molecular weight is 351 g/mol. The second kappa shape index (κ2) is 7.36. The molecule has 0 amide bonds. The molecule has 2 heterocycles. The molecule has 2 aromatic rings. The molecule has 0 saturated heterocycles. The van der Waals surface area contributed by atoms with Gasteiger partial charge in [0.15, 0.2) is 0 Å². The molecule has 0 aliphatic carbocycles. The van der Waals surface area contributed by atoms with Crippen molar-refractivity contribution in [3.8, 4) is 0 Å². The normalized spacial score (nSPS) is 10.6. The van der Waals surface area contributed by atoms with Crippen LogP contribution in [0.1, 0.15) is 30.9 Å². The Kier molecular flexibility index (Phi) is 5.50. The van der Waals surface area contributed by atoms with Gasteiger partial charge in [-0.25, -0.2) is 4.68 Å². The summed E-state index contributed by atoms with van der Waals surface area (Å²) < 4.78 is 2.02. The first-order valence-corrected chi connectivity index (χ1v) is 7.81. The predicted molar refractivity (Wildman–Crippen MR) is 87.4 cm³/mol. The van der Waals surface area contributed by atoms with Gasteiger partial charge in [-0.2, -0.15) is 5.10 Å². The highest BCUT2D eigenvalue weighted by molar-refractivity contribution is 9.10. The first kappa shape index (κ1) is 15.7. The Morgan fingerprint density at radius 3 is 2.90 bits per heavy atom. The molecular formula is C15H19BrN4O. The summed E-state index contributed by atoms with van der Waals surface area (Å²) in [5, 5.41) is 7.44. The molecule has 0 radical (unpaired) electrons. The molecule has 112 valence electrons. The second-order valence-corrected chi connectivity index (χ2v) is 5.70. The van der Waals surface area contributed by atoms with Gasteiger partial charge in [0.05, 0.1) is 11.9 Å². The Morgan fingerprint density at radius 2 is 2.19 bits per heavy atom. The number of halogens is 1. The van der Waals surface area contributed by atoms with Crippen LogP contribution in [0.3, 0.4) is 0 Å². The first-order valence-electron chi connectivity index (χ1n) is 7.02. The van der Waals surface area contributed by atoms with Crippen molar-refractivity contribution in [3.63, 3.8) is 0 Å². The lowest BCUT2D eigenvalue weighted by molar-refractivity contribution is 0.541. The van der Waals surface area contributed by atoms with E-state index in [1.165, 1.54) is 4.68 Å². The number of aryl methyl sites for hydroxylation is 2. The van der Waals surface area contributed by atoms with Crippen molar-refractivity contribution >= 4 is 21.6 Å². The van der Waals surface area contributed by atoms with Crippen molar-refractivity contribution in [1.82, 2.24) is 14.8 Å². The fourth-order valence-corrected chi connectivity index (χ4v) is 2.37. The van der Waals surface area contributed by atoms with Gasteiger partial charge in [-0.15, -0.1) is 0 Å². The largest absolute Gasteiger partial charge is 0.379 e. The molecule has 21 heavy (non-hydrogen) atoms. The molecule has 2 aromatic heterocycles. The maximum atomic E-state index is 12.2. The number of anilines is 1. The fourth-order valence-electron chi connectivity index (χ4n) is 1.93. The molecule has 2 rings (SSSR count). The van der Waals surface area contributed by atoms with Crippen LogP contribution in [-0.4, -0.2) is 14.8 Å². The monoisotopic (exact) mass is 350 g/mol. The molecule has 0 aliphatic heterocycles. The standard InChI is InChI=1S/C15H19BrN4O/c1-3-4-7-20-15(21)14(16)13(10-19-20)18-9-12-8-17-6-5-11(12)2/h5-6,8,10,18H,3-4,7,9H2,1-2H3. The van der Waals surface area contributed by atoms with Crippen molar-refractivity contribution in [2.75, 3.05) is 5.32 Å². The molecule has 0 spiro atoms. The van der Waals surface area contributed by atoms with E-state index < -0.39 is 0 Å². The zero-order valence-electron chi connectivity index (χ0n) is 12.3. The Morgan fingerprint density at radius 1 is 1.38 bits per heavy atom. The lowest BCUT2D eigenvalue weighted by atomic mass is 10.1. The minimum Gasteiger partial charge on any atom is -0.379 e. The summed E-state index contributed by atoms with van der Waals surface area (Å²) in [6.45, 7) is 5.38. The van der Waals surface area contributed by atoms with Gasteiger partial charge < -0.3 is 5.32 Å². The molecule has 0 saturated carbocycles. The average Bonchev–Trinajstić information content (AvgIpc) is 2.49. The Balaban J connectivity index is 2.13. The van der Waals surface area contributed by atoms with Crippen molar-refractivity contribution in [1.29, 1.82) is 0 Å². The number of rotatable bonds is 6. The molecule has 0 fully saturated rings. The quantitative estimate of drug-likeness (QED) is 0.869. The number of nitrogens with one attached hydrogen (secondary N) is 1. The van der Waals surface area contributed by atoms with Crippen LogP contribution in [0.4, 0.5) is 5.69 Å². The Bertz CT molecular complexity index is 669. The van der Waals surface area contributed by atoms with Crippen LogP contribution in [0, 0.1) is 6.92 Å². The molecular weight excluding hydrogens is 332 g/mol. The first-order chi connectivity index (χ1) is 10.1. The summed E-state index contributed by atoms with van der Waals surface area (Å²) in [6, 6.07) is 1.97. The Labute approximate surface area is 132 Å². The summed E-state index contributed by atoms with van der Waals surface area (Å²) in [7, 11) is 0. The highest BCUT2D eigenvalue weighted by atomic mass is 79.9. The molecule has 0 aliphatic rings. The number of aromatic nitrogens is 3. The topological polar surface area (TPSA) is 59.8 Å². The van der Waals surface area contributed by atoms with E-state index in [-0.39, 0.29) is 5.56 Å². The van der Waals surface area contributed by atoms with E-state index in [2.05, 4.69) is 38.3 Å². The van der Waals surface area contributed by atoms with Gasteiger partial charge in [0.1, 0.15) is 4.47 Å². The molecule has 0 aromatic carbocycles. The second-order valence-electron chi connectivity index (χ2n) is 4.91. The minimum absolute atomic E-state index is 0.101. The van der Waals surface area contributed by atoms with Crippen LogP contribution in [-0.2, 0) is 13.1 Å². The SMILES string of the molecule is CCCCn1ncc(NCc2cnccc2C)c(Br)c1=O. The fraction of sp³-hybridized carbons (Fsp3) is 0.400. The number of hydrogen-bond acceptors (Lipinski definition) is 4. The van der Waals surface area contributed by atoms with Crippen molar-refractivity contribution < 1.29 is 0 Å². The van der Waals surface area contributed by atoms with Crippen LogP contribution >= 0.6 is 15.9 Å². The number of hydrogen-bond donors (Lipinski definition) is 1. The minimum atomic E-state index is -0.101. The zero-order chi connectivity index (χ0) is 15.2. The van der Waals surface area contributed by atoms with Crippen LogP contribution in [0.5, 0.6) is 0 Å². The van der Waals surface area contributed by atoms with Gasteiger partial charge in [-0.3, -0.25) is 9.78 Å². The van der Waals surface area contributed by atoms with E-state index in [1.54, 1.807) is 12.4 Å². The molecule has 1 N–H and O–H groups in total. The molecule has 6 heteroatoms. The predicted octanol–water partition coefficient (Wildman–Crippen LogP) is 3.12. The maximum absolute atomic E-state index is 12.2. The molecule has 5 nitrogen and oxygen atoms in total. The third-order valence-corrected chi connectivity index (χ3v) is 4.09. The van der Waals surface area contributed by atoms with Gasteiger partial charge in [0.2, 0.25) is 0 Å². The number of unbranched alkanes of at least 4 members (excludes halogenated alkanes) is 1. The molecule has 0 atom stereocenters. The van der Waals surface area contributed by atoms with Gasteiger partial charge in [0.25, 0.3) is 5.56 Å². The van der Waals surface area contributed by atoms with E-state index in [4.69, 9.17) is 0 Å². The van der Waals surface area contributed by atoms with Crippen LogP contribution in [0.2, 0.25) is 0 Å². The van der Waals surface area contributed by atoms with Crippen LogP contribution in [0.25, 0.3) is 0 Å². The maximum Gasteiger partial charge on any atom is 0.283 e. The van der Waals surface area contributed by atoms with E-state index in [0.717, 1.165) is 24.0 Å². The van der Waals surface area contributed by atoms with Crippen LogP contribution < -0.4 is 10.9 Å². The highest BCUT2D eigenvalue weighted by Crippen LogP contribution is 2.18. The third kappa shape index (κ3) is 3.91. The zero-order valence-corrected chi connectivity index (χ0v) is 13.9. The lowest BCUT2D eigenvalue weighted by Crippen LogP contribution is -2.24. The van der Waals surface area contributed by atoms with Crippen molar-refractivity contribution in [2.45, 2.75) is 39.8 Å². The summed E-state index contributed by atoms with van der Waals surface area (Å²) in [6.07, 6.45) is 7.26. The number of pyridine rings is 1. The third-order valence-electron chi connectivity index (χ3n) is 3.33. The van der Waals surface area contributed by atoms with Gasteiger partial charge in [-0.05, 0) is 46.5 Å². The summed E-state index contributed by atoms with van der Waals surface area (Å²) in [5.74, 6) is 0. The van der Waals surface area contributed by atoms with E-state index >= 15 is 0 Å². The van der Waals surface area contributed by atoms with Crippen LogP contribution in [0.15, 0.2) is 33.9 Å². The van der Waals surface area contributed by atoms with Gasteiger partial charge in [-0.1, -0.05) is 13.3 Å². The van der Waals surface area contributed by atoms with E-state index in [9.17, 15) is 4.79 Å². The lowest BCUT2D eigenvalue weighted by Gasteiger charge is -2.11. The van der Waals surface area contributed by atoms with Gasteiger partial charge in [0, 0.05) is 25.5 Å². The van der Waals surface area contributed by atoms with E-state index in [0.29, 0.717) is 23.2 Å². The number of nitrogens with zero attached hydrogens (tertiary/aromatic N) is 3. The van der Waals surface area contributed by atoms with E-state index in [1.807, 2.05) is 19.2 Å². The summed E-state index contributed by atoms with van der Waals surface area (Å²) in [4.78, 5) is 16.3.